The van der Waals surface area contributed by atoms with Crippen LogP contribution in [0.15, 0.2) is 11.6 Å². The standard InChI is InChI=1S/C9H15NO/c1-3-4-5-9(2)8-11-7-6-10/h5H,6-8,10H2,1-2H3/b9-5-. The first-order chi connectivity index (χ1) is 5.31. The number of hydrogen-bond acceptors (Lipinski definition) is 2. The van der Waals surface area contributed by atoms with Crippen molar-refractivity contribution in [3.05, 3.63) is 11.6 Å². The van der Waals surface area contributed by atoms with Crippen LogP contribution in [0, 0.1) is 11.8 Å². The first-order valence-corrected chi connectivity index (χ1v) is 3.67. The maximum Gasteiger partial charge on any atom is 0.0683 e. The van der Waals surface area contributed by atoms with E-state index in [1.54, 1.807) is 0 Å². The van der Waals surface area contributed by atoms with Gasteiger partial charge in [0.2, 0.25) is 0 Å². The minimum Gasteiger partial charge on any atom is -0.376 e. The van der Waals surface area contributed by atoms with Crippen LogP contribution in [0.5, 0.6) is 0 Å². The Morgan fingerprint density at radius 1 is 1.64 bits per heavy atom. The van der Waals surface area contributed by atoms with Gasteiger partial charge in [-0.1, -0.05) is 5.92 Å². The van der Waals surface area contributed by atoms with Gasteiger partial charge in [-0.2, -0.15) is 0 Å². The molecule has 0 aliphatic heterocycles. The van der Waals surface area contributed by atoms with Crippen molar-refractivity contribution in [2.75, 3.05) is 19.8 Å². The number of ether oxygens (including phenoxy) is 1. The summed E-state index contributed by atoms with van der Waals surface area (Å²) in [6, 6.07) is 0. The molecule has 0 fully saturated rings. The lowest BCUT2D eigenvalue weighted by Crippen LogP contribution is -2.09. The molecule has 0 aliphatic carbocycles. The third-order valence-electron chi connectivity index (χ3n) is 1.05. The van der Waals surface area contributed by atoms with Gasteiger partial charge in [-0.25, -0.2) is 0 Å². The molecule has 11 heavy (non-hydrogen) atoms. The highest BCUT2D eigenvalue weighted by Crippen LogP contribution is 1.91. The van der Waals surface area contributed by atoms with Gasteiger partial charge >= 0.3 is 0 Å². The summed E-state index contributed by atoms with van der Waals surface area (Å²) in [5.41, 5.74) is 6.37. The first kappa shape index (κ1) is 10.2. The first-order valence-electron chi connectivity index (χ1n) is 3.67. The molecule has 0 saturated heterocycles. The van der Waals surface area contributed by atoms with Gasteiger partial charge in [0.25, 0.3) is 0 Å². The van der Waals surface area contributed by atoms with Crippen molar-refractivity contribution in [3.8, 4) is 11.8 Å². The van der Waals surface area contributed by atoms with E-state index in [4.69, 9.17) is 10.5 Å². The average molecular weight is 153 g/mol. The summed E-state index contributed by atoms with van der Waals surface area (Å²) in [5, 5.41) is 0. The molecule has 0 rings (SSSR count). The number of rotatable bonds is 4. The lowest BCUT2D eigenvalue weighted by atomic mass is 10.3. The van der Waals surface area contributed by atoms with Crippen molar-refractivity contribution < 1.29 is 4.74 Å². The van der Waals surface area contributed by atoms with Crippen LogP contribution in [-0.2, 0) is 4.74 Å². The Balaban J connectivity index is 3.48. The quantitative estimate of drug-likeness (QED) is 0.481. The van der Waals surface area contributed by atoms with Crippen molar-refractivity contribution in [1.29, 1.82) is 0 Å². The molecule has 0 saturated carbocycles. The fourth-order valence-corrected chi connectivity index (χ4v) is 0.554. The summed E-state index contributed by atoms with van der Waals surface area (Å²) < 4.78 is 5.18. The summed E-state index contributed by atoms with van der Waals surface area (Å²) in [4.78, 5) is 0. The Hall–Kier alpha value is -0.780. The number of hydrogen-bond donors (Lipinski definition) is 1. The molecule has 62 valence electrons. The second-order valence-corrected chi connectivity index (χ2v) is 2.23. The fourth-order valence-electron chi connectivity index (χ4n) is 0.554. The summed E-state index contributed by atoms with van der Waals surface area (Å²) in [5.74, 6) is 5.63. The Bertz CT molecular complexity index is 174. The van der Waals surface area contributed by atoms with Gasteiger partial charge in [0.05, 0.1) is 13.2 Å². The van der Waals surface area contributed by atoms with E-state index in [1.165, 1.54) is 0 Å². The van der Waals surface area contributed by atoms with Gasteiger partial charge in [-0.3, -0.25) is 0 Å². The number of nitrogens with two attached hydrogens (primary N) is 1. The predicted molar refractivity (Wildman–Crippen MR) is 47.1 cm³/mol. The molecular formula is C9H15NO. The van der Waals surface area contributed by atoms with Gasteiger partial charge in [-0.05, 0) is 25.5 Å². The largest absolute Gasteiger partial charge is 0.376 e. The van der Waals surface area contributed by atoms with Crippen LogP contribution >= 0.6 is 0 Å². The van der Waals surface area contributed by atoms with Crippen molar-refractivity contribution in [2.45, 2.75) is 13.8 Å². The molecule has 2 N–H and O–H groups in total. The summed E-state index contributed by atoms with van der Waals surface area (Å²) in [6.45, 7) is 5.62. The molecule has 2 heteroatoms. The van der Waals surface area contributed by atoms with Crippen LogP contribution in [0.4, 0.5) is 0 Å². The molecule has 0 aliphatic rings. The molecule has 0 aromatic heterocycles. The zero-order chi connectivity index (χ0) is 8.53. The van der Waals surface area contributed by atoms with E-state index in [2.05, 4.69) is 11.8 Å². The van der Waals surface area contributed by atoms with Crippen molar-refractivity contribution in [1.82, 2.24) is 0 Å². The molecule has 0 atom stereocenters. The monoisotopic (exact) mass is 153 g/mol. The van der Waals surface area contributed by atoms with E-state index < -0.39 is 0 Å². The lowest BCUT2D eigenvalue weighted by molar-refractivity contribution is 0.164. The molecule has 0 radical (unpaired) electrons. The van der Waals surface area contributed by atoms with E-state index in [0.717, 1.165) is 5.57 Å². The highest BCUT2D eigenvalue weighted by atomic mass is 16.5. The minimum atomic E-state index is 0.576. The fraction of sp³-hybridized carbons (Fsp3) is 0.556. The third-order valence-corrected chi connectivity index (χ3v) is 1.05. The molecule has 0 unspecified atom stereocenters. The van der Waals surface area contributed by atoms with E-state index in [1.807, 2.05) is 19.9 Å². The Morgan fingerprint density at radius 3 is 2.91 bits per heavy atom. The molecule has 0 aromatic rings. The predicted octanol–water partition coefficient (Wildman–Crippen LogP) is 0.931. The van der Waals surface area contributed by atoms with Crippen LogP contribution in [-0.4, -0.2) is 19.8 Å². The van der Waals surface area contributed by atoms with Crippen molar-refractivity contribution in [3.63, 3.8) is 0 Å². The van der Waals surface area contributed by atoms with E-state index in [9.17, 15) is 0 Å². The van der Waals surface area contributed by atoms with E-state index >= 15 is 0 Å². The lowest BCUT2D eigenvalue weighted by Gasteiger charge is -1.99. The zero-order valence-electron chi connectivity index (χ0n) is 7.18. The van der Waals surface area contributed by atoms with Gasteiger partial charge < -0.3 is 10.5 Å². The number of allylic oxidation sites excluding steroid dienone is 1. The normalized spacial score (nSPS) is 10.6. The van der Waals surface area contributed by atoms with E-state index in [-0.39, 0.29) is 0 Å². The van der Waals surface area contributed by atoms with Gasteiger partial charge in [0.1, 0.15) is 0 Å². The second kappa shape index (κ2) is 7.33. The van der Waals surface area contributed by atoms with Crippen LogP contribution in [0.1, 0.15) is 13.8 Å². The molecule has 0 heterocycles. The van der Waals surface area contributed by atoms with Crippen LogP contribution in [0.25, 0.3) is 0 Å². The maximum absolute atomic E-state index is 5.24. The SMILES string of the molecule is CC#C/C=C(/C)COCCN. The zero-order valence-corrected chi connectivity index (χ0v) is 7.18. The molecular weight excluding hydrogens is 138 g/mol. The van der Waals surface area contributed by atoms with Crippen molar-refractivity contribution >= 4 is 0 Å². The van der Waals surface area contributed by atoms with Gasteiger partial charge in [0, 0.05) is 6.54 Å². The van der Waals surface area contributed by atoms with Crippen LogP contribution in [0.3, 0.4) is 0 Å². The van der Waals surface area contributed by atoms with Crippen LogP contribution < -0.4 is 5.73 Å². The van der Waals surface area contributed by atoms with Crippen molar-refractivity contribution in [2.24, 2.45) is 5.73 Å². The summed E-state index contributed by atoms with van der Waals surface area (Å²) >= 11 is 0. The molecule has 0 spiro atoms. The average Bonchev–Trinajstić information content (AvgIpc) is 2.01. The third kappa shape index (κ3) is 7.11. The Labute approximate surface area is 68.4 Å². The van der Waals surface area contributed by atoms with E-state index in [0.29, 0.717) is 19.8 Å². The Kier molecular flexibility index (Phi) is 6.81. The molecule has 0 amide bonds. The van der Waals surface area contributed by atoms with Crippen LogP contribution in [0.2, 0.25) is 0 Å². The van der Waals surface area contributed by atoms with Gasteiger partial charge in [0.15, 0.2) is 0 Å². The highest BCUT2D eigenvalue weighted by molar-refractivity contribution is 5.19. The maximum atomic E-state index is 5.24. The van der Waals surface area contributed by atoms with Gasteiger partial charge in [-0.15, -0.1) is 5.92 Å². The second-order valence-electron chi connectivity index (χ2n) is 2.23. The smallest absolute Gasteiger partial charge is 0.0683 e. The highest BCUT2D eigenvalue weighted by Gasteiger charge is 1.86. The minimum absolute atomic E-state index is 0.576. The summed E-state index contributed by atoms with van der Waals surface area (Å²) in [7, 11) is 0. The molecule has 2 nitrogen and oxygen atoms in total. The summed E-state index contributed by atoms with van der Waals surface area (Å²) in [6.07, 6.45) is 1.86. The Morgan fingerprint density at radius 2 is 2.36 bits per heavy atom. The topological polar surface area (TPSA) is 35.2 Å². The molecule has 0 bridgehead atoms. The molecule has 0 aromatic carbocycles.